The molecule has 4 aromatic carbocycles. The fraction of sp³-hybridized carbons (Fsp3) is 0.263. The zero-order valence-electron chi connectivity index (χ0n) is 31.3. The van der Waals surface area contributed by atoms with Gasteiger partial charge in [0.15, 0.2) is 0 Å². The van der Waals surface area contributed by atoms with Crippen molar-refractivity contribution in [3.63, 3.8) is 0 Å². The number of ether oxygens (including phenoxy) is 1. The highest BCUT2D eigenvalue weighted by molar-refractivity contribution is 7.92. The second-order valence-electron chi connectivity index (χ2n) is 13.1. The van der Waals surface area contributed by atoms with E-state index in [0.29, 0.717) is 0 Å². The van der Waals surface area contributed by atoms with Crippen molar-refractivity contribution >= 4 is 27.2 Å². The molecule has 0 spiro atoms. The minimum absolute atomic E-state index is 0.0211. The quantitative estimate of drug-likeness (QED) is 0.0608. The molecular weight excluding hydrogens is 883 g/mol. The number of hydrogen-bond donors (Lipinski definition) is 0. The molecule has 0 aromatic heterocycles. The summed E-state index contributed by atoms with van der Waals surface area (Å²) in [7, 11) is -14.8. The van der Waals surface area contributed by atoms with Crippen LogP contribution >= 0.6 is 0 Å². The van der Waals surface area contributed by atoms with Crippen molar-refractivity contribution < 1.29 is 78.9 Å². The monoisotopic (exact) mass is 914 g/mol. The van der Waals surface area contributed by atoms with E-state index in [1.165, 1.54) is 79.7 Å². The maximum absolute atomic E-state index is 15.1. The summed E-state index contributed by atoms with van der Waals surface area (Å²) in [6.07, 6.45) is -18.4. The first-order valence-electron chi connectivity index (χ1n) is 17.6. The van der Waals surface area contributed by atoms with E-state index in [4.69, 9.17) is 9.39 Å². The highest BCUT2D eigenvalue weighted by Crippen LogP contribution is 2.52. The van der Waals surface area contributed by atoms with Gasteiger partial charge < -0.3 is 9.39 Å². The molecule has 328 valence electrons. The predicted molar refractivity (Wildman–Crippen MR) is 195 cm³/mol. The minimum atomic E-state index is -5.97. The number of nitrogens with zero attached hydrogens (tertiary/aromatic N) is 2. The predicted octanol–water partition coefficient (Wildman–Crippen LogP) is 10.8. The molecule has 0 aliphatic carbocycles. The van der Waals surface area contributed by atoms with E-state index in [9.17, 15) is 52.7 Å². The van der Waals surface area contributed by atoms with Gasteiger partial charge in [-0.05, 0) is 66.9 Å². The third-order valence-electron chi connectivity index (χ3n) is 8.99. The van der Waals surface area contributed by atoms with Crippen molar-refractivity contribution in [2.24, 2.45) is 0 Å². The van der Waals surface area contributed by atoms with Gasteiger partial charge in [-0.1, -0.05) is 79.7 Å². The molecule has 23 heteroatoms. The van der Waals surface area contributed by atoms with Crippen LogP contribution in [-0.4, -0.2) is 39.1 Å². The maximum atomic E-state index is 15.1. The van der Waals surface area contributed by atoms with E-state index in [2.05, 4.69) is 0 Å². The number of allylic oxidation sites excluding steroid dienone is 2. The summed E-state index contributed by atoms with van der Waals surface area (Å²) in [5.74, 6) is -0.702. The highest BCUT2D eigenvalue weighted by Gasteiger charge is 2.64. The van der Waals surface area contributed by atoms with Gasteiger partial charge in [0.1, 0.15) is 6.61 Å². The maximum Gasteiger partial charge on any atom is 0.580 e. The molecule has 2 atom stereocenters. The summed E-state index contributed by atoms with van der Waals surface area (Å²) in [4.78, 5) is -3.38. The third kappa shape index (κ3) is 10.2. The Balaban J connectivity index is 1.97. The molecule has 1 fully saturated rings. The van der Waals surface area contributed by atoms with Gasteiger partial charge in [-0.3, -0.25) is 0 Å². The van der Waals surface area contributed by atoms with Crippen molar-refractivity contribution in [3.05, 3.63) is 155 Å². The highest BCUT2D eigenvalue weighted by atomic mass is 32.2. The first kappa shape index (κ1) is 47.1. The lowest BCUT2D eigenvalue weighted by Crippen LogP contribution is -2.51. The Morgan fingerprint density at radius 3 is 1.25 bits per heavy atom. The first-order chi connectivity index (χ1) is 28.2. The van der Waals surface area contributed by atoms with Crippen LogP contribution < -0.4 is 0 Å². The van der Waals surface area contributed by atoms with Crippen molar-refractivity contribution in [1.82, 2.24) is 8.43 Å². The van der Waals surface area contributed by atoms with Crippen LogP contribution in [0.2, 0.25) is 0 Å². The van der Waals surface area contributed by atoms with Gasteiger partial charge in [0.25, 0.3) is 5.95 Å². The molecule has 0 unspecified atom stereocenters. The van der Waals surface area contributed by atoms with E-state index in [-0.39, 0.29) is 69.0 Å². The average molecular weight is 915 g/mol. The van der Waals surface area contributed by atoms with Crippen LogP contribution in [0.15, 0.2) is 131 Å². The largest absolute Gasteiger partial charge is 0.580 e. The fourth-order valence-corrected chi connectivity index (χ4v) is 9.78. The number of halogens is 12. The Bertz CT molecular complexity index is 2260. The molecule has 0 amide bonds. The van der Waals surface area contributed by atoms with Crippen LogP contribution in [0.5, 0.6) is 0 Å². The molecule has 1 saturated heterocycles. The number of benzene rings is 4. The Labute approximate surface area is 341 Å². The number of alkyl halides is 12. The number of rotatable bonds is 12. The van der Waals surface area contributed by atoms with E-state index < -0.39 is 102 Å². The smallest absolute Gasteiger partial charge is 0.505 e. The summed E-state index contributed by atoms with van der Waals surface area (Å²) in [6, 6.07) is 7.27. The van der Waals surface area contributed by atoms with Crippen LogP contribution in [0.4, 0.5) is 52.7 Å². The Morgan fingerprint density at radius 1 is 0.607 bits per heavy atom. The van der Waals surface area contributed by atoms with Gasteiger partial charge in [0.2, 0.25) is 20.0 Å². The van der Waals surface area contributed by atoms with Crippen molar-refractivity contribution in [1.29, 1.82) is 0 Å². The number of sulfonamides is 2. The molecule has 0 saturated carbocycles. The van der Waals surface area contributed by atoms with Gasteiger partial charge in [-0.2, -0.15) is 61.1 Å². The Kier molecular flexibility index (Phi) is 13.4. The van der Waals surface area contributed by atoms with E-state index >= 15 is 16.8 Å². The standard InChI is InChI=1S/C38H31BF12N2O6S2/c1-3-5-17-58-32(12-4-2)59-39-52(60(54,55)30-20-26(35(40,41)42)18-27(21-30)36(43,44)45)33(24-13-8-6-9-14-24)34(25-15-10-7-11-16-25)53(39)61(56,57)31-22-28(37(46,47)48)19-29(23-31)38(49,50)51/h3,5-16,18-23,33-34H,4,17H2,1-2H3/b5-3+,32-12+/t33-,34-/m0/s1. The summed E-state index contributed by atoms with van der Waals surface area (Å²) in [5, 5.41) is 0. The second kappa shape index (κ2) is 17.4. The Hall–Kier alpha value is -5.00. The lowest BCUT2D eigenvalue weighted by molar-refractivity contribution is -0.145. The molecule has 1 heterocycles. The van der Waals surface area contributed by atoms with Gasteiger partial charge in [0, 0.05) is 0 Å². The summed E-state index contributed by atoms with van der Waals surface area (Å²) < 4.78 is 242. The van der Waals surface area contributed by atoms with Crippen LogP contribution in [0.25, 0.3) is 0 Å². The molecule has 5 rings (SSSR count). The van der Waals surface area contributed by atoms with Crippen LogP contribution in [0.1, 0.15) is 65.7 Å². The molecule has 0 bridgehead atoms. The van der Waals surface area contributed by atoms with Crippen LogP contribution in [0, 0.1) is 0 Å². The Morgan fingerprint density at radius 2 is 0.951 bits per heavy atom. The van der Waals surface area contributed by atoms with Gasteiger partial charge in [-0.15, -0.1) is 0 Å². The van der Waals surface area contributed by atoms with Crippen molar-refractivity contribution in [2.75, 3.05) is 6.61 Å². The van der Waals surface area contributed by atoms with Crippen molar-refractivity contribution in [2.45, 2.75) is 66.8 Å². The third-order valence-corrected chi connectivity index (χ3v) is 12.6. The molecule has 1 aliphatic rings. The van der Waals surface area contributed by atoms with Crippen LogP contribution in [0.3, 0.4) is 0 Å². The molecule has 61 heavy (non-hydrogen) atoms. The summed E-state index contributed by atoms with van der Waals surface area (Å²) in [5.41, 5.74) is -8.79. The van der Waals surface area contributed by atoms with Gasteiger partial charge in [-0.25, -0.2) is 16.8 Å². The second-order valence-corrected chi connectivity index (χ2v) is 16.8. The minimum Gasteiger partial charge on any atom is -0.505 e. The summed E-state index contributed by atoms with van der Waals surface area (Å²) >= 11 is 0. The molecule has 8 nitrogen and oxygen atoms in total. The van der Waals surface area contributed by atoms with Gasteiger partial charge in [0.05, 0.1) is 44.1 Å². The first-order valence-corrected chi connectivity index (χ1v) is 20.5. The molecule has 1 aliphatic heterocycles. The fourth-order valence-electron chi connectivity index (χ4n) is 6.30. The molecular formula is C38H31BF12N2O6S2. The van der Waals surface area contributed by atoms with Gasteiger partial charge >= 0.3 is 31.9 Å². The average Bonchev–Trinajstić information content (AvgIpc) is 3.53. The zero-order valence-corrected chi connectivity index (χ0v) is 32.9. The van der Waals surface area contributed by atoms with Crippen molar-refractivity contribution in [3.8, 4) is 0 Å². The lowest BCUT2D eigenvalue weighted by atomic mass is 9.95. The lowest BCUT2D eigenvalue weighted by Gasteiger charge is -2.29. The molecule has 0 N–H and O–H groups in total. The van der Waals surface area contributed by atoms with E-state index in [0.717, 1.165) is 6.08 Å². The molecule has 0 radical (unpaired) electrons. The zero-order chi connectivity index (χ0) is 45.3. The molecule has 4 aromatic rings. The summed E-state index contributed by atoms with van der Waals surface area (Å²) in [6.45, 7) is 2.67. The number of hydrogen-bond acceptors (Lipinski definition) is 6. The SMILES string of the molecule is C/C=C/CO/C(=C\CC)OB1N(S(=O)(=O)c2cc(C(F)(F)F)cc(C(F)(F)F)c2)[C@@H](c2ccccc2)[C@H](c2ccccc2)N1S(=O)(=O)c1cc(C(F)(F)F)cc(C(F)(F)F)c1. The normalized spacial score (nSPS) is 17.9. The van der Waals surface area contributed by atoms with Crippen LogP contribution in [-0.2, 0) is 54.1 Å². The topological polar surface area (TPSA) is 93.2 Å². The van der Waals surface area contributed by atoms with E-state index in [1.807, 2.05) is 0 Å². The van der Waals surface area contributed by atoms with E-state index in [1.54, 1.807) is 6.92 Å².